The molecule has 2 aliphatic rings. The molecule has 2 heterocycles. The van der Waals surface area contributed by atoms with E-state index in [1.165, 1.54) is 0 Å². The van der Waals surface area contributed by atoms with Crippen molar-refractivity contribution >= 4 is 34.4 Å². The summed E-state index contributed by atoms with van der Waals surface area (Å²) in [5.74, 6) is 0. The summed E-state index contributed by atoms with van der Waals surface area (Å²) in [5.41, 5.74) is -0.399. The molecule has 0 saturated carbocycles. The van der Waals surface area contributed by atoms with Crippen LogP contribution in [0.2, 0.25) is 0 Å². The van der Waals surface area contributed by atoms with Gasteiger partial charge in [0.1, 0.15) is 42.7 Å². The van der Waals surface area contributed by atoms with E-state index in [1.54, 1.807) is 13.8 Å². The number of aliphatic hydroxyl groups excluding tert-OH is 5. The lowest BCUT2D eigenvalue weighted by Crippen LogP contribution is -2.70. The third-order valence-corrected chi connectivity index (χ3v) is 5.90. The second-order valence-electron chi connectivity index (χ2n) is 9.39. The maximum atomic E-state index is 11.3. The average Bonchev–Trinajstić information content (AvgIpc) is 2.68. The minimum absolute atomic E-state index is 0.323. The third kappa shape index (κ3) is 6.32. The van der Waals surface area contributed by atoms with Crippen LogP contribution in [0.25, 0.3) is 0 Å². The summed E-state index contributed by atoms with van der Waals surface area (Å²) in [7, 11) is 0. The van der Waals surface area contributed by atoms with Crippen LogP contribution in [0, 0.1) is 5.41 Å². The van der Waals surface area contributed by atoms with Crippen molar-refractivity contribution in [3.63, 3.8) is 0 Å². The molecule has 2 fully saturated rings. The van der Waals surface area contributed by atoms with Gasteiger partial charge in [-0.05, 0) is 19.3 Å². The zero-order valence-corrected chi connectivity index (χ0v) is 20.6. The molecule has 0 radical (unpaired) electrons. The molecule has 10 atom stereocenters. The van der Waals surface area contributed by atoms with Crippen molar-refractivity contribution < 1.29 is 39.7 Å². The molecule has 0 aromatic heterocycles. The molecule has 10 nitrogen and oxygen atoms in total. The lowest BCUT2D eigenvalue weighted by Gasteiger charge is -2.51. The Morgan fingerprint density at radius 1 is 0.844 bits per heavy atom. The van der Waals surface area contributed by atoms with Gasteiger partial charge in [-0.15, -0.1) is 0 Å². The van der Waals surface area contributed by atoms with Gasteiger partial charge in [0.05, 0.1) is 35.3 Å². The summed E-state index contributed by atoms with van der Waals surface area (Å²) in [5, 5.41) is 57.5. The van der Waals surface area contributed by atoms with E-state index in [0.29, 0.717) is 9.98 Å². The van der Waals surface area contributed by atoms with Crippen LogP contribution in [0.1, 0.15) is 34.6 Å². The number of thiocarbonyl (C=S) groups is 2. The first-order valence-electron chi connectivity index (χ1n) is 10.6. The maximum absolute atomic E-state index is 11.3. The van der Waals surface area contributed by atoms with Crippen LogP contribution in [0.3, 0.4) is 0 Å². The van der Waals surface area contributed by atoms with E-state index in [2.05, 4.69) is 10.6 Å². The molecule has 2 rings (SSSR count). The van der Waals surface area contributed by atoms with E-state index >= 15 is 0 Å². The number of aliphatic hydroxyl groups is 5. The van der Waals surface area contributed by atoms with Gasteiger partial charge in [-0.25, -0.2) is 0 Å². The molecule has 186 valence electrons. The zero-order chi connectivity index (χ0) is 24.4. The summed E-state index contributed by atoms with van der Waals surface area (Å²) in [6, 6.07) is -1.64. The number of hydrogen-bond acceptors (Lipinski definition) is 10. The van der Waals surface area contributed by atoms with Crippen LogP contribution in [-0.4, -0.2) is 110 Å². The SMILES string of the molecule is CC(=S)NC1C(O)[C@H](O)C(CO)O[C@H]1O[C@H]1C(CO)OC(C(C)(C)C)[C@H](NC(C)=S)C1O. The van der Waals surface area contributed by atoms with Crippen molar-refractivity contribution in [2.45, 2.75) is 95.7 Å². The summed E-state index contributed by atoms with van der Waals surface area (Å²) in [4.78, 5) is 0.778. The van der Waals surface area contributed by atoms with Gasteiger partial charge in [-0.2, -0.15) is 0 Å². The molecule has 0 amide bonds. The fourth-order valence-electron chi connectivity index (χ4n) is 4.15. The van der Waals surface area contributed by atoms with E-state index < -0.39 is 79.7 Å². The Hall–Kier alpha value is -0.540. The van der Waals surface area contributed by atoms with Crippen LogP contribution in [-0.2, 0) is 14.2 Å². The highest BCUT2D eigenvalue weighted by atomic mass is 32.1. The Balaban J connectivity index is 2.35. The van der Waals surface area contributed by atoms with Gasteiger partial charge in [0.15, 0.2) is 6.29 Å². The van der Waals surface area contributed by atoms with E-state index in [-0.39, 0.29) is 0 Å². The summed E-state index contributed by atoms with van der Waals surface area (Å²) < 4.78 is 17.9. The molecular weight excluding hydrogens is 460 g/mol. The Morgan fingerprint density at radius 2 is 1.38 bits per heavy atom. The van der Waals surface area contributed by atoms with Crippen molar-refractivity contribution in [2.75, 3.05) is 13.2 Å². The fourth-order valence-corrected chi connectivity index (χ4v) is 4.42. The number of nitrogens with one attached hydrogen (secondary N) is 2. The minimum atomic E-state index is -1.38. The van der Waals surface area contributed by atoms with Crippen molar-refractivity contribution in [1.82, 2.24) is 10.6 Å². The first-order valence-corrected chi connectivity index (χ1v) is 11.4. The maximum Gasteiger partial charge on any atom is 0.181 e. The van der Waals surface area contributed by atoms with E-state index in [4.69, 9.17) is 38.6 Å². The standard InChI is InChI=1S/C20H36N2O8S2/c1-8(31)21-12-16(27)17(11(7-24)28-18(12)20(3,4)5)30-19-13(22-9(2)32)15(26)14(25)10(6-23)29-19/h10-19,23-27H,6-7H2,1-5H3,(H,21,31)(H,22,32)/t10?,11?,12-,13?,14-,15?,16?,17+,18?,19+/m1/s1. The molecular formula is C20H36N2O8S2. The van der Waals surface area contributed by atoms with Gasteiger partial charge in [0.25, 0.3) is 0 Å². The molecule has 0 aliphatic carbocycles. The van der Waals surface area contributed by atoms with Crippen LogP contribution < -0.4 is 10.6 Å². The molecule has 12 heteroatoms. The van der Waals surface area contributed by atoms with Gasteiger partial charge < -0.3 is 50.4 Å². The van der Waals surface area contributed by atoms with E-state index in [1.807, 2.05) is 20.8 Å². The van der Waals surface area contributed by atoms with E-state index in [9.17, 15) is 25.5 Å². The lowest BCUT2D eigenvalue weighted by molar-refractivity contribution is -0.317. The van der Waals surface area contributed by atoms with Crippen LogP contribution in [0.4, 0.5) is 0 Å². The number of ether oxygens (including phenoxy) is 3. The fraction of sp³-hybridized carbons (Fsp3) is 0.900. The molecule has 0 aromatic carbocycles. The predicted octanol–water partition coefficient (Wildman–Crippen LogP) is -1.41. The van der Waals surface area contributed by atoms with E-state index in [0.717, 1.165) is 0 Å². The van der Waals surface area contributed by atoms with Crippen LogP contribution in [0.15, 0.2) is 0 Å². The first kappa shape index (κ1) is 27.7. The smallest absolute Gasteiger partial charge is 0.181 e. The topological polar surface area (TPSA) is 153 Å². The van der Waals surface area contributed by atoms with Gasteiger partial charge >= 0.3 is 0 Å². The second kappa shape index (κ2) is 11.3. The van der Waals surface area contributed by atoms with Crippen LogP contribution >= 0.6 is 24.4 Å². The van der Waals surface area contributed by atoms with Gasteiger partial charge in [-0.3, -0.25) is 0 Å². The second-order valence-corrected chi connectivity index (χ2v) is 10.6. The highest BCUT2D eigenvalue weighted by Gasteiger charge is 2.53. The Morgan fingerprint density at radius 3 is 1.84 bits per heavy atom. The summed E-state index contributed by atoms with van der Waals surface area (Å²) in [6.45, 7) is 8.12. The molecule has 2 aliphatic heterocycles. The Kier molecular flexibility index (Phi) is 9.75. The largest absolute Gasteiger partial charge is 0.394 e. The highest BCUT2D eigenvalue weighted by molar-refractivity contribution is 7.80. The molecule has 2 saturated heterocycles. The molecule has 0 spiro atoms. The summed E-state index contributed by atoms with van der Waals surface area (Å²) in [6.07, 6.45) is -8.76. The van der Waals surface area contributed by atoms with Crippen molar-refractivity contribution in [3.05, 3.63) is 0 Å². The summed E-state index contributed by atoms with van der Waals surface area (Å²) >= 11 is 10.3. The van der Waals surface area contributed by atoms with Gasteiger partial charge in [0, 0.05) is 0 Å². The quantitative estimate of drug-likeness (QED) is 0.216. The van der Waals surface area contributed by atoms with Gasteiger partial charge in [0.2, 0.25) is 0 Å². The predicted molar refractivity (Wildman–Crippen MR) is 124 cm³/mol. The van der Waals surface area contributed by atoms with Crippen molar-refractivity contribution in [3.8, 4) is 0 Å². The molecule has 0 aromatic rings. The lowest BCUT2D eigenvalue weighted by atomic mass is 9.78. The van der Waals surface area contributed by atoms with Crippen molar-refractivity contribution in [1.29, 1.82) is 0 Å². The first-order chi connectivity index (χ1) is 14.8. The normalized spacial score (nSPS) is 40.6. The Labute approximate surface area is 199 Å². The van der Waals surface area contributed by atoms with Gasteiger partial charge in [-0.1, -0.05) is 45.2 Å². The molecule has 7 N–H and O–H groups in total. The molecule has 6 unspecified atom stereocenters. The average molecular weight is 497 g/mol. The third-order valence-electron chi connectivity index (χ3n) is 5.66. The monoisotopic (exact) mass is 496 g/mol. The highest BCUT2D eigenvalue weighted by Crippen LogP contribution is 2.35. The number of rotatable bonds is 6. The van der Waals surface area contributed by atoms with Crippen molar-refractivity contribution in [2.24, 2.45) is 5.41 Å². The Bertz CT molecular complexity index is 664. The molecule has 0 bridgehead atoms. The van der Waals surface area contributed by atoms with Crippen LogP contribution in [0.5, 0.6) is 0 Å². The number of hydrogen-bond donors (Lipinski definition) is 7. The molecule has 32 heavy (non-hydrogen) atoms. The minimum Gasteiger partial charge on any atom is -0.394 e. The zero-order valence-electron chi connectivity index (χ0n) is 19.0.